The summed E-state index contributed by atoms with van der Waals surface area (Å²) in [5.41, 5.74) is 4.03. The number of rotatable bonds is 4. The van der Waals surface area contributed by atoms with Crippen LogP contribution in [0.25, 0.3) is 17.0 Å². The number of nitrogens with zero attached hydrogens (tertiary/aromatic N) is 3. The number of hydrogen-bond donors (Lipinski definition) is 1. The van der Waals surface area contributed by atoms with Crippen molar-refractivity contribution < 1.29 is 9.53 Å². The van der Waals surface area contributed by atoms with Gasteiger partial charge in [0.05, 0.1) is 12.8 Å². The number of benzene rings is 2. The van der Waals surface area contributed by atoms with Crippen molar-refractivity contribution in [2.45, 2.75) is 6.92 Å². The Bertz CT molecular complexity index is 1080. The van der Waals surface area contributed by atoms with Crippen LogP contribution in [-0.4, -0.2) is 27.4 Å². The second kappa shape index (κ2) is 6.92. The molecule has 2 aromatic carbocycles. The molecule has 0 aliphatic rings. The number of aryl methyl sites for hydroxylation is 1. The van der Waals surface area contributed by atoms with Gasteiger partial charge in [0.1, 0.15) is 5.75 Å². The van der Waals surface area contributed by atoms with E-state index in [-0.39, 0.29) is 5.91 Å². The average molecular weight is 358 g/mol. The maximum Gasteiger partial charge on any atom is 0.255 e. The second-order valence-electron chi connectivity index (χ2n) is 6.17. The zero-order chi connectivity index (χ0) is 18.8. The first kappa shape index (κ1) is 16.8. The van der Waals surface area contributed by atoms with Gasteiger partial charge in [-0.15, -0.1) is 0 Å². The highest BCUT2D eigenvalue weighted by atomic mass is 16.5. The van der Waals surface area contributed by atoms with Gasteiger partial charge in [-0.25, -0.2) is 9.97 Å². The minimum Gasteiger partial charge on any atom is -0.496 e. The predicted molar refractivity (Wildman–Crippen MR) is 104 cm³/mol. The highest BCUT2D eigenvalue weighted by molar-refractivity contribution is 6.04. The number of hydrogen-bond acceptors (Lipinski definition) is 4. The normalized spacial score (nSPS) is 10.7. The van der Waals surface area contributed by atoms with Crippen LogP contribution >= 0.6 is 0 Å². The maximum atomic E-state index is 12.5. The third kappa shape index (κ3) is 3.37. The number of aromatic nitrogens is 3. The lowest BCUT2D eigenvalue weighted by molar-refractivity contribution is 0.102. The van der Waals surface area contributed by atoms with Crippen LogP contribution in [0.1, 0.15) is 15.9 Å². The molecule has 27 heavy (non-hydrogen) atoms. The van der Waals surface area contributed by atoms with Crippen molar-refractivity contribution in [3.63, 3.8) is 0 Å². The molecule has 4 rings (SSSR count). The Hall–Kier alpha value is -3.67. The summed E-state index contributed by atoms with van der Waals surface area (Å²) in [6.07, 6.45) is 5.54. The van der Waals surface area contributed by atoms with Gasteiger partial charge in [-0.3, -0.25) is 9.20 Å². The largest absolute Gasteiger partial charge is 0.496 e. The number of nitrogens with one attached hydrogen (secondary N) is 1. The first-order chi connectivity index (χ1) is 13.1. The van der Waals surface area contributed by atoms with E-state index in [1.807, 2.05) is 60.1 Å². The highest BCUT2D eigenvalue weighted by Gasteiger charge is 2.10. The van der Waals surface area contributed by atoms with Crippen molar-refractivity contribution in [3.05, 3.63) is 78.2 Å². The van der Waals surface area contributed by atoms with E-state index in [0.29, 0.717) is 22.8 Å². The summed E-state index contributed by atoms with van der Waals surface area (Å²) in [6, 6.07) is 14.8. The maximum absolute atomic E-state index is 12.5. The molecule has 6 nitrogen and oxygen atoms in total. The zero-order valence-corrected chi connectivity index (χ0v) is 15.0. The SMILES string of the molecule is COc1cc(C(=O)Nc2ccc(-c3cn4cccnc4n3)cc2)ccc1C. The Morgan fingerprint density at radius 1 is 1.15 bits per heavy atom. The molecular formula is C21H18N4O2. The van der Waals surface area contributed by atoms with Crippen LogP contribution in [0.4, 0.5) is 5.69 Å². The van der Waals surface area contributed by atoms with E-state index in [9.17, 15) is 4.79 Å². The quantitative estimate of drug-likeness (QED) is 0.599. The van der Waals surface area contributed by atoms with Gasteiger partial charge >= 0.3 is 0 Å². The van der Waals surface area contributed by atoms with Gasteiger partial charge in [0.25, 0.3) is 5.91 Å². The van der Waals surface area contributed by atoms with Crippen LogP contribution in [0.15, 0.2) is 67.1 Å². The van der Waals surface area contributed by atoms with Crippen LogP contribution in [0, 0.1) is 6.92 Å². The van der Waals surface area contributed by atoms with Crippen LogP contribution < -0.4 is 10.1 Å². The molecule has 0 atom stereocenters. The molecule has 0 bridgehead atoms. The summed E-state index contributed by atoms with van der Waals surface area (Å²) in [4.78, 5) is 21.2. The molecule has 0 aliphatic carbocycles. The van der Waals surface area contributed by atoms with E-state index in [0.717, 1.165) is 16.8 Å². The first-order valence-electron chi connectivity index (χ1n) is 8.50. The van der Waals surface area contributed by atoms with Crippen LogP contribution in [0.3, 0.4) is 0 Å². The Morgan fingerprint density at radius 3 is 2.70 bits per heavy atom. The molecule has 2 heterocycles. The lowest BCUT2D eigenvalue weighted by Crippen LogP contribution is -2.12. The fraction of sp³-hybridized carbons (Fsp3) is 0.0952. The Morgan fingerprint density at radius 2 is 1.96 bits per heavy atom. The van der Waals surface area contributed by atoms with E-state index < -0.39 is 0 Å². The topological polar surface area (TPSA) is 68.5 Å². The third-order valence-electron chi connectivity index (χ3n) is 4.34. The molecular weight excluding hydrogens is 340 g/mol. The van der Waals surface area contributed by atoms with E-state index in [2.05, 4.69) is 15.3 Å². The lowest BCUT2D eigenvalue weighted by atomic mass is 10.1. The number of imidazole rings is 1. The number of carbonyl (C=O) groups excluding carboxylic acids is 1. The van der Waals surface area contributed by atoms with Gasteiger partial charge in [0.15, 0.2) is 0 Å². The molecule has 1 N–H and O–H groups in total. The molecule has 0 aliphatic heterocycles. The fourth-order valence-corrected chi connectivity index (χ4v) is 2.86. The lowest BCUT2D eigenvalue weighted by Gasteiger charge is -2.09. The molecule has 0 unspecified atom stereocenters. The van der Waals surface area contributed by atoms with Crippen LogP contribution in [0.5, 0.6) is 5.75 Å². The van der Waals surface area contributed by atoms with Crippen molar-refractivity contribution in [2.75, 3.05) is 12.4 Å². The average Bonchev–Trinajstić information content (AvgIpc) is 3.13. The number of carbonyl (C=O) groups is 1. The van der Waals surface area contributed by atoms with Gasteiger partial charge < -0.3 is 10.1 Å². The molecule has 134 valence electrons. The third-order valence-corrected chi connectivity index (χ3v) is 4.34. The molecule has 0 saturated heterocycles. The molecule has 1 amide bonds. The van der Waals surface area contributed by atoms with E-state index in [4.69, 9.17) is 4.74 Å². The van der Waals surface area contributed by atoms with Crippen LogP contribution in [0.2, 0.25) is 0 Å². The Labute approximate surface area is 156 Å². The molecule has 2 aromatic heterocycles. The summed E-state index contributed by atoms with van der Waals surface area (Å²) >= 11 is 0. The van der Waals surface area contributed by atoms with Gasteiger partial charge in [0.2, 0.25) is 5.78 Å². The number of methoxy groups -OCH3 is 1. The van der Waals surface area contributed by atoms with E-state index in [1.54, 1.807) is 25.4 Å². The number of anilines is 1. The van der Waals surface area contributed by atoms with Crippen molar-refractivity contribution in [3.8, 4) is 17.0 Å². The summed E-state index contributed by atoms with van der Waals surface area (Å²) < 4.78 is 7.15. The number of ether oxygens (including phenoxy) is 1. The minimum absolute atomic E-state index is 0.182. The minimum atomic E-state index is -0.182. The van der Waals surface area contributed by atoms with Gasteiger partial charge in [0, 0.05) is 35.4 Å². The molecule has 0 radical (unpaired) electrons. The number of fused-ring (bicyclic) bond motifs is 1. The van der Waals surface area contributed by atoms with Crippen molar-refractivity contribution in [1.29, 1.82) is 0 Å². The predicted octanol–water partition coefficient (Wildman–Crippen LogP) is 3.97. The molecule has 0 spiro atoms. The monoisotopic (exact) mass is 358 g/mol. The zero-order valence-electron chi connectivity index (χ0n) is 15.0. The summed E-state index contributed by atoms with van der Waals surface area (Å²) in [6.45, 7) is 1.94. The smallest absolute Gasteiger partial charge is 0.255 e. The first-order valence-corrected chi connectivity index (χ1v) is 8.50. The summed E-state index contributed by atoms with van der Waals surface area (Å²) in [7, 11) is 1.59. The van der Waals surface area contributed by atoms with Gasteiger partial charge in [-0.2, -0.15) is 0 Å². The Balaban J connectivity index is 1.53. The van der Waals surface area contributed by atoms with Gasteiger partial charge in [-0.05, 0) is 42.8 Å². The van der Waals surface area contributed by atoms with Crippen molar-refractivity contribution >= 4 is 17.4 Å². The van der Waals surface area contributed by atoms with E-state index >= 15 is 0 Å². The summed E-state index contributed by atoms with van der Waals surface area (Å²) in [5.74, 6) is 1.16. The standard InChI is InChI=1S/C21H18N4O2/c1-14-4-5-16(12-19(14)27-2)20(26)23-17-8-6-15(7-9-17)18-13-25-11-3-10-22-21(25)24-18/h3-13H,1-2H3,(H,23,26). The van der Waals surface area contributed by atoms with Crippen molar-refractivity contribution in [2.24, 2.45) is 0 Å². The fourth-order valence-electron chi connectivity index (χ4n) is 2.86. The molecule has 0 saturated carbocycles. The molecule has 4 aromatic rings. The van der Waals surface area contributed by atoms with Crippen molar-refractivity contribution in [1.82, 2.24) is 14.4 Å². The highest BCUT2D eigenvalue weighted by Crippen LogP contribution is 2.22. The number of amides is 1. The van der Waals surface area contributed by atoms with E-state index in [1.165, 1.54) is 0 Å². The summed E-state index contributed by atoms with van der Waals surface area (Å²) in [5, 5.41) is 2.90. The Kier molecular flexibility index (Phi) is 4.30. The molecule has 6 heteroatoms. The molecule has 0 fully saturated rings. The second-order valence-corrected chi connectivity index (χ2v) is 6.17. The van der Waals surface area contributed by atoms with Gasteiger partial charge in [-0.1, -0.05) is 18.2 Å². The van der Waals surface area contributed by atoms with Crippen LogP contribution in [-0.2, 0) is 0 Å².